The molecule has 138 valence electrons. The lowest BCUT2D eigenvalue weighted by Gasteiger charge is -2.28. The van der Waals surface area contributed by atoms with E-state index in [1.54, 1.807) is 6.20 Å². The van der Waals surface area contributed by atoms with Gasteiger partial charge < -0.3 is 14.0 Å². The number of fused-ring (bicyclic) bond motifs is 1. The fourth-order valence-electron chi connectivity index (χ4n) is 3.92. The first-order valence-electron chi connectivity index (χ1n) is 9.42. The number of rotatable bonds is 6. The fourth-order valence-corrected chi connectivity index (χ4v) is 4.04. The summed E-state index contributed by atoms with van der Waals surface area (Å²) in [7, 11) is 0. The van der Waals surface area contributed by atoms with Crippen molar-refractivity contribution in [2.75, 3.05) is 13.2 Å². The molecule has 2 aromatic heterocycles. The van der Waals surface area contributed by atoms with Crippen molar-refractivity contribution >= 4 is 22.6 Å². The quantitative estimate of drug-likeness (QED) is 0.396. The van der Waals surface area contributed by atoms with Crippen LogP contribution in [0.2, 0.25) is 5.28 Å². The first-order chi connectivity index (χ1) is 12.2. The lowest BCUT2D eigenvalue weighted by atomic mass is 9.96. The molecule has 0 aromatic carbocycles. The first-order valence-corrected chi connectivity index (χ1v) is 9.80. The molecule has 0 spiro atoms. The molecule has 0 aliphatic heterocycles. The smallest absolute Gasteiger partial charge is 0.224 e. The van der Waals surface area contributed by atoms with Crippen LogP contribution >= 0.6 is 11.6 Å². The minimum absolute atomic E-state index is 0.282. The van der Waals surface area contributed by atoms with E-state index >= 15 is 0 Å². The Kier molecular flexibility index (Phi) is 6.31. The minimum atomic E-state index is -0.390. The van der Waals surface area contributed by atoms with Gasteiger partial charge in [0.05, 0.1) is 5.69 Å². The molecule has 3 rings (SSSR count). The summed E-state index contributed by atoms with van der Waals surface area (Å²) < 4.78 is 14.1. The zero-order chi connectivity index (χ0) is 17.8. The standard InChI is InChI=1S/C19H28ClN3O2/c1-4-24-18(25-5-2)16-11-14-12-21-19(20)22-17(14)23(16)15-10-8-6-7-9-13(15)3/h11-13,15,18H,4-10H2,1-3H3. The zero-order valence-corrected chi connectivity index (χ0v) is 16.1. The maximum Gasteiger partial charge on any atom is 0.224 e. The van der Waals surface area contributed by atoms with E-state index < -0.39 is 6.29 Å². The van der Waals surface area contributed by atoms with Gasteiger partial charge in [0.25, 0.3) is 0 Å². The molecule has 6 heteroatoms. The molecule has 0 bridgehead atoms. The van der Waals surface area contributed by atoms with Crippen molar-refractivity contribution in [3.05, 3.63) is 23.2 Å². The van der Waals surface area contributed by atoms with Gasteiger partial charge in [-0.25, -0.2) is 4.98 Å². The molecule has 1 aliphatic rings. The van der Waals surface area contributed by atoms with Gasteiger partial charge in [0.2, 0.25) is 5.28 Å². The van der Waals surface area contributed by atoms with Gasteiger partial charge in [-0.3, -0.25) is 0 Å². The van der Waals surface area contributed by atoms with Crippen molar-refractivity contribution in [3.63, 3.8) is 0 Å². The van der Waals surface area contributed by atoms with Crippen molar-refractivity contribution < 1.29 is 9.47 Å². The molecular formula is C19H28ClN3O2. The van der Waals surface area contributed by atoms with E-state index in [-0.39, 0.29) is 5.28 Å². The van der Waals surface area contributed by atoms with E-state index in [1.807, 2.05) is 13.8 Å². The second kappa shape index (κ2) is 8.47. The average molecular weight is 366 g/mol. The van der Waals surface area contributed by atoms with Gasteiger partial charge in [0, 0.05) is 30.8 Å². The van der Waals surface area contributed by atoms with Crippen LogP contribution < -0.4 is 0 Å². The molecular weight excluding hydrogens is 338 g/mol. The summed E-state index contributed by atoms with van der Waals surface area (Å²) in [5.41, 5.74) is 1.91. The lowest BCUT2D eigenvalue weighted by Crippen LogP contribution is -2.22. The number of aromatic nitrogens is 3. The third kappa shape index (κ3) is 3.99. The summed E-state index contributed by atoms with van der Waals surface area (Å²) in [5.74, 6) is 0.578. The Balaban J connectivity index is 2.14. The van der Waals surface area contributed by atoms with E-state index in [0.29, 0.717) is 25.2 Å². The maximum absolute atomic E-state index is 6.11. The predicted octanol–water partition coefficient (Wildman–Crippen LogP) is 5.30. The van der Waals surface area contributed by atoms with Crippen LogP contribution in [0.1, 0.15) is 70.9 Å². The van der Waals surface area contributed by atoms with Crippen molar-refractivity contribution in [2.45, 2.75) is 65.2 Å². The second-order valence-electron chi connectivity index (χ2n) is 6.78. The Morgan fingerprint density at radius 1 is 1.20 bits per heavy atom. The summed E-state index contributed by atoms with van der Waals surface area (Å²) in [6.07, 6.45) is 7.61. The van der Waals surface area contributed by atoms with Crippen LogP contribution in [0.3, 0.4) is 0 Å². The first kappa shape index (κ1) is 18.6. The largest absolute Gasteiger partial charge is 0.347 e. The summed E-state index contributed by atoms with van der Waals surface area (Å²) in [6, 6.07) is 2.48. The molecule has 2 atom stereocenters. The third-order valence-electron chi connectivity index (χ3n) is 5.10. The number of halogens is 1. The van der Waals surface area contributed by atoms with E-state index in [1.165, 1.54) is 25.7 Å². The third-order valence-corrected chi connectivity index (χ3v) is 5.28. The molecule has 5 nitrogen and oxygen atoms in total. The van der Waals surface area contributed by atoms with Gasteiger partial charge in [0.1, 0.15) is 5.65 Å². The van der Waals surface area contributed by atoms with Gasteiger partial charge in [-0.15, -0.1) is 0 Å². The number of nitrogens with zero attached hydrogens (tertiary/aromatic N) is 3. The van der Waals surface area contributed by atoms with E-state index in [0.717, 1.165) is 23.1 Å². The molecule has 2 heterocycles. The summed E-state index contributed by atoms with van der Waals surface area (Å²) in [5, 5.41) is 1.27. The number of hydrogen-bond donors (Lipinski definition) is 0. The Hall–Kier alpha value is -1.17. The van der Waals surface area contributed by atoms with Gasteiger partial charge in [-0.1, -0.05) is 26.2 Å². The van der Waals surface area contributed by atoms with Crippen LogP contribution in [-0.4, -0.2) is 27.7 Å². The molecule has 25 heavy (non-hydrogen) atoms. The van der Waals surface area contributed by atoms with Crippen LogP contribution in [-0.2, 0) is 9.47 Å². The fraction of sp³-hybridized carbons (Fsp3) is 0.684. The topological polar surface area (TPSA) is 49.2 Å². The second-order valence-corrected chi connectivity index (χ2v) is 7.12. The SMILES string of the molecule is CCOC(OCC)c1cc2cnc(Cl)nc2n1C1CCCCCC1C. The zero-order valence-electron chi connectivity index (χ0n) is 15.4. The van der Waals surface area contributed by atoms with Crippen LogP contribution in [0.4, 0.5) is 0 Å². The van der Waals surface area contributed by atoms with Crippen LogP contribution in [0, 0.1) is 5.92 Å². The van der Waals surface area contributed by atoms with Crippen molar-refractivity contribution in [2.24, 2.45) is 5.92 Å². The molecule has 1 fully saturated rings. The molecule has 0 amide bonds. The van der Waals surface area contributed by atoms with Crippen molar-refractivity contribution in [3.8, 4) is 0 Å². The van der Waals surface area contributed by atoms with E-state index in [4.69, 9.17) is 21.1 Å². The highest BCUT2D eigenvalue weighted by Gasteiger charge is 2.29. The van der Waals surface area contributed by atoms with E-state index in [2.05, 4.69) is 27.5 Å². The van der Waals surface area contributed by atoms with Crippen molar-refractivity contribution in [1.29, 1.82) is 0 Å². The van der Waals surface area contributed by atoms with Crippen LogP contribution in [0.25, 0.3) is 11.0 Å². The number of hydrogen-bond acceptors (Lipinski definition) is 4. The van der Waals surface area contributed by atoms with Gasteiger partial charge >= 0.3 is 0 Å². The molecule has 2 unspecified atom stereocenters. The van der Waals surface area contributed by atoms with Crippen molar-refractivity contribution in [1.82, 2.24) is 14.5 Å². The Labute approximate surface area is 154 Å². The minimum Gasteiger partial charge on any atom is -0.347 e. The highest BCUT2D eigenvalue weighted by atomic mass is 35.5. The summed E-state index contributed by atoms with van der Waals surface area (Å²) in [4.78, 5) is 8.70. The van der Waals surface area contributed by atoms with Gasteiger partial charge in [-0.05, 0) is 50.3 Å². The van der Waals surface area contributed by atoms with Gasteiger partial charge in [-0.2, -0.15) is 4.98 Å². The monoisotopic (exact) mass is 365 g/mol. The molecule has 0 N–H and O–H groups in total. The molecule has 0 saturated heterocycles. The van der Waals surface area contributed by atoms with Crippen LogP contribution in [0.15, 0.2) is 12.3 Å². The van der Waals surface area contributed by atoms with Crippen LogP contribution in [0.5, 0.6) is 0 Å². The molecule has 1 aliphatic carbocycles. The normalized spacial score (nSPS) is 21.8. The Morgan fingerprint density at radius 2 is 1.92 bits per heavy atom. The highest BCUT2D eigenvalue weighted by molar-refractivity contribution is 6.28. The van der Waals surface area contributed by atoms with Gasteiger partial charge in [0.15, 0.2) is 6.29 Å². The summed E-state index contributed by atoms with van der Waals surface area (Å²) >= 11 is 6.11. The molecule has 2 aromatic rings. The predicted molar refractivity (Wildman–Crippen MR) is 99.8 cm³/mol. The Morgan fingerprint density at radius 3 is 2.64 bits per heavy atom. The molecule has 0 radical (unpaired) electrons. The Bertz CT molecular complexity index is 697. The lowest BCUT2D eigenvalue weighted by molar-refractivity contribution is -0.144. The average Bonchev–Trinajstić information content (AvgIpc) is 2.82. The van der Waals surface area contributed by atoms with E-state index in [9.17, 15) is 0 Å². The number of ether oxygens (including phenoxy) is 2. The highest BCUT2D eigenvalue weighted by Crippen LogP contribution is 2.38. The maximum atomic E-state index is 6.11. The summed E-state index contributed by atoms with van der Waals surface area (Å²) in [6.45, 7) is 7.51. The molecule has 1 saturated carbocycles.